The molecule has 0 spiro atoms. The van der Waals surface area contributed by atoms with Crippen molar-refractivity contribution >= 4 is 5.71 Å². The number of hydrogen-bond donors (Lipinski definition) is 1. The second kappa shape index (κ2) is 4.72. The Hall–Kier alpha value is -2.36. The Balaban J connectivity index is 1.76. The maximum Gasteiger partial charge on any atom is 0.158 e. The molecule has 96 valence electrons. The lowest BCUT2D eigenvalue weighted by molar-refractivity contribution is 0.0857. The minimum Gasteiger partial charge on any atom is -0.508 e. The van der Waals surface area contributed by atoms with E-state index in [1.165, 1.54) is 12.1 Å². The van der Waals surface area contributed by atoms with Crippen molar-refractivity contribution in [3.63, 3.8) is 0 Å². The van der Waals surface area contributed by atoms with Crippen molar-refractivity contribution in [1.82, 2.24) is 0 Å². The SMILES string of the molecule is Oc1ccc(C2=NO[C@H](c3ccc(F)cc3)C2)cc1. The summed E-state index contributed by atoms with van der Waals surface area (Å²) < 4.78 is 12.9. The van der Waals surface area contributed by atoms with E-state index in [2.05, 4.69) is 5.16 Å². The smallest absolute Gasteiger partial charge is 0.158 e. The number of benzene rings is 2. The minimum atomic E-state index is -0.263. The summed E-state index contributed by atoms with van der Waals surface area (Å²) in [6.07, 6.45) is 0.459. The molecular formula is C15H12FNO2. The van der Waals surface area contributed by atoms with Crippen LogP contribution < -0.4 is 0 Å². The highest BCUT2D eigenvalue weighted by Crippen LogP contribution is 2.29. The second-order valence-electron chi connectivity index (χ2n) is 4.43. The highest BCUT2D eigenvalue weighted by molar-refractivity contribution is 6.01. The Bertz CT molecular complexity index is 605. The Morgan fingerprint density at radius 1 is 1.05 bits per heavy atom. The third kappa shape index (κ3) is 2.42. The molecule has 2 aromatic carbocycles. The van der Waals surface area contributed by atoms with Gasteiger partial charge in [0.05, 0.1) is 5.71 Å². The topological polar surface area (TPSA) is 41.8 Å². The van der Waals surface area contributed by atoms with E-state index in [9.17, 15) is 9.50 Å². The van der Waals surface area contributed by atoms with E-state index in [1.54, 1.807) is 36.4 Å². The predicted molar refractivity (Wildman–Crippen MR) is 69.5 cm³/mol. The molecule has 19 heavy (non-hydrogen) atoms. The molecule has 0 aliphatic carbocycles. The number of oxime groups is 1. The molecule has 0 aromatic heterocycles. The number of hydrogen-bond acceptors (Lipinski definition) is 3. The normalized spacial score (nSPS) is 17.9. The van der Waals surface area contributed by atoms with Gasteiger partial charge in [-0.3, -0.25) is 0 Å². The van der Waals surface area contributed by atoms with Gasteiger partial charge >= 0.3 is 0 Å². The molecule has 0 bridgehead atoms. The largest absolute Gasteiger partial charge is 0.508 e. The fourth-order valence-electron chi connectivity index (χ4n) is 2.06. The lowest BCUT2D eigenvalue weighted by Crippen LogP contribution is -2.01. The van der Waals surface area contributed by atoms with Crippen molar-refractivity contribution in [2.75, 3.05) is 0 Å². The van der Waals surface area contributed by atoms with E-state index in [-0.39, 0.29) is 17.7 Å². The number of phenolic OH excluding ortho intramolecular Hbond substituents is 1. The van der Waals surface area contributed by atoms with E-state index in [4.69, 9.17) is 4.84 Å². The van der Waals surface area contributed by atoms with E-state index >= 15 is 0 Å². The molecule has 2 aromatic rings. The van der Waals surface area contributed by atoms with Crippen LogP contribution in [0.5, 0.6) is 5.75 Å². The molecule has 4 heteroatoms. The molecule has 1 atom stereocenters. The maximum absolute atomic E-state index is 12.9. The third-order valence-electron chi connectivity index (χ3n) is 3.11. The van der Waals surface area contributed by atoms with Gasteiger partial charge in [0.15, 0.2) is 6.10 Å². The summed E-state index contributed by atoms with van der Waals surface area (Å²) in [5.74, 6) is -0.0419. The van der Waals surface area contributed by atoms with Crippen molar-refractivity contribution in [1.29, 1.82) is 0 Å². The van der Waals surface area contributed by atoms with Crippen molar-refractivity contribution in [2.24, 2.45) is 5.16 Å². The number of phenols is 1. The van der Waals surface area contributed by atoms with E-state index < -0.39 is 0 Å². The monoisotopic (exact) mass is 257 g/mol. The molecule has 3 rings (SSSR count). The van der Waals surface area contributed by atoms with Gasteiger partial charge in [-0.25, -0.2) is 4.39 Å². The number of rotatable bonds is 2. The number of nitrogens with zero attached hydrogens (tertiary/aromatic N) is 1. The van der Waals surface area contributed by atoms with Gasteiger partial charge < -0.3 is 9.94 Å². The van der Waals surface area contributed by atoms with E-state index in [0.29, 0.717) is 6.42 Å². The van der Waals surface area contributed by atoms with E-state index in [0.717, 1.165) is 16.8 Å². The average Bonchev–Trinajstić information content (AvgIpc) is 2.90. The minimum absolute atomic E-state index is 0.176. The quantitative estimate of drug-likeness (QED) is 0.895. The Kier molecular flexibility index (Phi) is 2.91. The van der Waals surface area contributed by atoms with Gasteiger partial charge in [0, 0.05) is 6.42 Å². The van der Waals surface area contributed by atoms with Crippen molar-refractivity contribution in [2.45, 2.75) is 12.5 Å². The van der Waals surface area contributed by atoms with Crippen LogP contribution in [0.3, 0.4) is 0 Å². The zero-order chi connectivity index (χ0) is 13.2. The number of aromatic hydroxyl groups is 1. The predicted octanol–water partition coefficient (Wildman–Crippen LogP) is 3.40. The van der Waals surface area contributed by atoms with Gasteiger partial charge in [-0.2, -0.15) is 0 Å². The summed E-state index contributed by atoms with van der Waals surface area (Å²) in [4.78, 5) is 5.38. The van der Waals surface area contributed by atoms with Crippen molar-refractivity contribution < 1.29 is 14.3 Å². The zero-order valence-electron chi connectivity index (χ0n) is 10.1. The summed E-state index contributed by atoms with van der Waals surface area (Å²) in [6, 6.07) is 13.1. The second-order valence-corrected chi connectivity index (χ2v) is 4.43. The van der Waals surface area contributed by atoms with Crippen LogP contribution in [0.2, 0.25) is 0 Å². The fourth-order valence-corrected chi connectivity index (χ4v) is 2.06. The standard InChI is InChI=1S/C15H12FNO2/c16-12-5-1-11(2-6-12)15-9-14(17-19-15)10-3-7-13(18)8-4-10/h1-8,15,18H,9H2/t15-/m0/s1. The molecule has 0 saturated carbocycles. The zero-order valence-corrected chi connectivity index (χ0v) is 10.1. The Labute approximate surface area is 110 Å². The fraction of sp³-hybridized carbons (Fsp3) is 0.133. The summed E-state index contributed by atoms with van der Waals surface area (Å²) in [6.45, 7) is 0. The van der Waals surface area contributed by atoms with Gasteiger partial charge in [-0.15, -0.1) is 0 Å². The van der Waals surface area contributed by atoms with Crippen LogP contribution in [0.15, 0.2) is 53.7 Å². The molecule has 0 radical (unpaired) electrons. The highest BCUT2D eigenvalue weighted by atomic mass is 19.1. The van der Waals surface area contributed by atoms with Gasteiger partial charge in [-0.05, 0) is 47.5 Å². The first-order valence-electron chi connectivity index (χ1n) is 6.00. The Morgan fingerprint density at radius 2 is 1.74 bits per heavy atom. The van der Waals surface area contributed by atoms with E-state index in [1.807, 2.05) is 0 Å². The summed E-state index contributed by atoms with van der Waals surface area (Å²) in [5, 5.41) is 13.3. The Morgan fingerprint density at radius 3 is 2.42 bits per heavy atom. The van der Waals surface area contributed by atoms with Crippen LogP contribution in [0, 0.1) is 5.82 Å². The molecule has 1 aliphatic rings. The van der Waals surface area contributed by atoms with Crippen LogP contribution in [-0.4, -0.2) is 10.8 Å². The third-order valence-corrected chi connectivity index (χ3v) is 3.11. The molecule has 1 aliphatic heterocycles. The molecule has 0 amide bonds. The molecule has 1 N–H and O–H groups in total. The molecule has 1 heterocycles. The highest BCUT2D eigenvalue weighted by Gasteiger charge is 2.23. The van der Waals surface area contributed by atoms with Crippen molar-refractivity contribution in [3.8, 4) is 5.75 Å². The van der Waals surface area contributed by atoms with Crippen molar-refractivity contribution in [3.05, 3.63) is 65.5 Å². The first kappa shape index (κ1) is 11.7. The lowest BCUT2D eigenvalue weighted by atomic mass is 10.0. The molecule has 0 saturated heterocycles. The first-order valence-corrected chi connectivity index (χ1v) is 6.00. The van der Waals surface area contributed by atoms with Crippen LogP contribution in [0.4, 0.5) is 4.39 Å². The molecule has 0 unspecified atom stereocenters. The number of halogens is 1. The molecule has 3 nitrogen and oxygen atoms in total. The molecular weight excluding hydrogens is 245 g/mol. The van der Waals surface area contributed by atoms with Gasteiger partial charge in [0.2, 0.25) is 0 Å². The van der Waals surface area contributed by atoms with Crippen LogP contribution in [-0.2, 0) is 4.84 Å². The maximum atomic E-state index is 12.9. The average molecular weight is 257 g/mol. The summed E-state index contributed by atoms with van der Waals surface area (Å²) in [7, 11) is 0. The molecule has 0 fully saturated rings. The van der Waals surface area contributed by atoms with Gasteiger partial charge in [0.25, 0.3) is 0 Å². The van der Waals surface area contributed by atoms with Gasteiger partial charge in [-0.1, -0.05) is 17.3 Å². The first-order chi connectivity index (χ1) is 9.22. The van der Waals surface area contributed by atoms with Gasteiger partial charge in [0.1, 0.15) is 11.6 Å². The summed E-state index contributed by atoms with van der Waals surface area (Å²) >= 11 is 0. The van der Waals surface area contributed by atoms with Crippen LogP contribution in [0.25, 0.3) is 0 Å². The van der Waals surface area contributed by atoms with Crippen LogP contribution >= 0.6 is 0 Å². The summed E-state index contributed by atoms with van der Waals surface area (Å²) in [5.41, 5.74) is 2.65. The lowest BCUT2D eigenvalue weighted by Gasteiger charge is -2.07. The van der Waals surface area contributed by atoms with Crippen LogP contribution in [0.1, 0.15) is 23.7 Å².